The van der Waals surface area contributed by atoms with Crippen LogP contribution in [0.4, 0.5) is 4.39 Å². The summed E-state index contributed by atoms with van der Waals surface area (Å²) in [5.41, 5.74) is 5.32. The van der Waals surface area contributed by atoms with Gasteiger partial charge in [-0.2, -0.15) is 0 Å². The fourth-order valence-corrected chi connectivity index (χ4v) is 4.98. The lowest BCUT2D eigenvalue weighted by molar-refractivity contribution is 0.254. The van der Waals surface area contributed by atoms with E-state index in [4.69, 9.17) is 11.6 Å². The molecule has 1 saturated carbocycles. The van der Waals surface area contributed by atoms with Crippen molar-refractivity contribution in [2.45, 2.75) is 51.4 Å². The highest BCUT2D eigenvalue weighted by Gasteiger charge is 2.20. The highest BCUT2D eigenvalue weighted by molar-refractivity contribution is 6.30. The fraction of sp³-hybridized carbons (Fsp3) is 0.312. The van der Waals surface area contributed by atoms with Gasteiger partial charge < -0.3 is 0 Å². The molecule has 0 nitrogen and oxygen atoms in total. The molecule has 3 aromatic rings. The number of hydrogen-bond acceptors (Lipinski definition) is 0. The summed E-state index contributed by atoms with van der Waals surface area (Å²) in [6.07, 6.45) is 12.6. The topological polar surface area (TPSA) is 0 Å². The molecule has 1 fully saturated rings. The maximum absolute atomic E-state index is 13.6. The molecule has 0 unspecified atom stereocenters. The molecule has 3 aromatic carbocycles. The first-order chi connectivity index (χ1) is 16.6. The number of allylic oxidation sites excluding steroid dienone is 1. The molecule has 1 aliphatic rings. The molecule has 0 heterocycles. The standard InChI is InChI=1S/C32H32ClF/c1-2-3-4-24-5-7-25(8-6-24)9-10-26-13-18-29(19-14-26)30-20-15-27(16-21-30)11-12-28-17-22-31(33)32(34)23-28/h2,13-25H,1,3-10H2. The molecule has 0 saturated heterocycles. The summed E-state index contributed by atoms with van der Waals surface area (Å²) < 4.78 is 13.6. The van der Waals surface area contributed by atoms with Crippen LogP contribution in [0.25, 0.3) is 11.1 Å². The Morgan fingerprint density at radius 1 is 0.794 bits per heavy atom. The van der Waals surface area contributed by atoms with Crippen LogP contribution in [-0.2, 0) is 6.42 Å². The molecule has 4 rings (SSSR count). The van der Waals surface area contributed by atoms with Crippen molar-refractivity contribution in [2.24, 2.45) is 11.8 Å². The smallest absolute Gasteiger partial charge is 0.143 e. The third-order valence-electron chi connectivity index (χ3n) is 7.03. The van der Waals surface area contributed by atoms with Crippen LogP contribution in [0.2, 0.25) is 5.02 Å². The minimum atomic E-state index is -0.445. The average Bonchev–Trinajstić information content (AvgIpc) is 2.88. The first-order valence-electron chi connectivity index (χ1n) is 12.4. The van der Waals surface area contributed by atoms with E-state index in [9.17, 15) is 4.39 Å². The van der Waals surface area contributed by atoms with Crippen molar-refractivity contribution in [3.8, 4) is 23.0 Å². The van der Waals surface area contributed by atoms with Gasteiger partial charge >= 0.3 is 0 Å². The lowest BCUT2D eigenvalue weighted by Crippen LogP contribution is -2.15. The van der Waals surface area contributed by atoms with Crippen LogP contribution >= 0.6 is 11.6 Å². The van der Waals surface area contributed by atoms with Crippen LogP contribution in [0, 0.1) is 29.5 Å². The lowest BCUT2D eigenvalue weighted by atomic mass is 9.78. The van der Waals surface area contributed by atoms with E-state index in [0.29, 0.717) is 5.56 Å². The van der Waals surface area contributed by atoms with Gasteiger partial charge in [0, 0.05) is 11.1 Å². The van der Waals surface area contributed by atoms with Crippen molar-refractivity contribution in [2.75, 3.05) is 0 Å². The Morgan fingerprint density at radius 3 is 1.97 bits per heavy atom. The summed E-state index contributed by atoms with van der Waals surface area (Å²) in [6.45, 7) is 3.86. The van der Waals surface area contributed by atoms with Gasteiger partial charge in [-0.3, -0.25) is 0 Å². The normalized spacial score (nSPS) is 17.6. The quantitative estimate of drug-likeness (QED) is 0.238. The maximum atomic E-state index is 13.6. The average molecular weight is 471 g/mol. The summed E-state index contributed by atoms with van der Waals surface area (Å²) >= 11 is 5.73. The van der Waals surface area contributed by atoms with Gasteiger partial charge in [0.15, 0.2) is 0 Å². The van der Waals surface area contributed by atoms with E-state index in [1.165, 1.54) is 80.2 Å². The molecule has 0 amide bonds. The summed E-state index contributed by atoms with van der Waals surface area (Å²) in [5, 5.41) is 0.114. The van der Waals surface area contributed by atoms with Crippen LogP contribution in [0.3, 0.4) is 0 Å². The zero-order valence-corrected chi connectivity index (χ0v) is 20.5. The minimum absolute atomic E-state index is 0.114. The summed E-state index contributed by atoms with van der Waals surface area (Å²) in [5.74, 6) is 7.45. The maximum Gasteiger partial charge on any atom is 0.143 e. The number of hydrogen-bond donors (Lipinski definition) is 0. The zero-order valence-electron chi connectivity index (χ0n) is 19.7. The molecule has 0 spiro atoms. The van der Waals surface area contributed by atoms with Crippen molar-refractivity contribution in [1.29, 1.82) is 0 Å². The Morgan fingerprint density at radius 2 is 1.35 bits per heavy atom. The van der Waals surface area contributed by atoms with Crippen LogP contribution in [0.15, 0.2) is 79.4 Å². The molecule has 0 radical (unpaired) electrons. The van der Waals surface area contributed by atoms with E-state index < -0.39 is 5.82 Å². The predicted octanol–water partition coefficient (Wildman–Crippen LogP) is 9.25. The Kier molecular flexibility index (Phi) is 8.62. The molecule has 0 aliphatic heterocycles. The number of halogens is 2. The van der Waals surface area contributed by atoms with Crippen LogP contribution in [-0.4, -0.2) is 0 Å². The number of benzene rings is 3. The van der Waals surface area contributed by atoms with E-state index >= 15 is 0 Å². The Labute approximate surface area is 208 Å². The Balaban J connectivity index is 1.29. The molecule has 0 bridgehead atoms. The predicted molar refractivity (Wildman–Crippen MR) is 142 cm³/mol. The molecule has 0 N–H and O–H groups in total. The second-order valence-corrected chi connectivity index (χ2v) is 9.85. The van der Waals surface area contributed by atoms with Gasteiger partial charge in [0.05, 0.1) is 5.02 Å². The van der Waals surface area contributed by atoms with Crippen molar-refractivity contribution < 1.29 is 4.39 Å². The number of rotatable bonds is 7. The van der Waals surface area contributed by atoms with Gasteiger partial charge in [-0.25, -0.2) is 4.39 Å². The molecule has 1 aliphatic carbocycles. The molecular formula is C32H32ClF. The van der Waals surface area contributed by atoms with Gasteiger partial charge in [-0.05, 0) is 84.5 Å². The van der Waals surface area contributed by atoms with Gasteiger partial charge in [-0.1, -0.05) is 91.6 Å². The Bertz CT molecular complexity index is 1140. The van der Waals surface area contributed by atoms with Gasteiger partial charge in [0.1, 0.15) is 5.82 Å². The van der Waals surface area contributed by atoms with Gasteiger partial charge in [0.2, 0.25) is 0 Å². The highest BCUT2D eigenvalue weighted by Crippen LogP contribution is 2.34. The van der Waals surface area contributed by atoms with Crippen molar-refractivity contribution in [3.63, 3.8) is 0 Å². The van der Waals surface area contributed by atoms with Crippen molar-refractivity contribution >= 4 is 11.6 Å². The fourth-order valence-electron chi connectivity index (χ4n) is 4.86. The van der Waals surface area contributed by atoms with E-state index in [-0.39, 0.29) is 5.02 Å². The molecule has 174 valence electrons. The minimum Gasteiger partial charge on any atom is -0.205 e. The van der Waals surface area contributed by atoms with Crippen molar-refractivity contribution in [3.05, 3.63) is 107 Å². The largest absolute Gasteiger partial charge is 0.205 e. The zero-order chi connectivity index (χ0) is 23.8. The monoisotopic (exact) mass is 470 g/mol. The molecule has 0 atom stereocenters. The highest BCUT2D eigenvalue weighted by atomic mass is 35.5. The second-order valence-electron chi connectivity index (χ2n) is 9.44. The molecule has 34 heavy (non-hydrogen) atoms. The molecular weight excluding hydrogens is 439 g/mol. The second kappa shape index (κ2) is 12.0. The van der Waals surface area contributed by atoms with E-state index in [2.05, 4.69) is 60.9 Å². The molecule has 0 aromatic heterocycles. The van der Waals surface area contributed by atoms with Crippen LogP contribution < -0.4 is 0 Å². The first-order valence-corrected chi connectivity index (χ1v) is 12.8. The van der Waals surface area contributed by atoms with Gasteiger partial charge in [-0.15, -0.1) is 6.58 Å². The Hall–Kier alpha value is -2.82. The lowest BCUT2D eigenvalue weighted by Gasteiger charge is -2.28. The SMILES string of the molecule is C=CCCC1CCC(CCc2ccc(-c3ccc(C#Cc4ccc(Cl)c(F)c4)cc3)cc2)CC1. The van der Waals surface area contributed by atoms with E-state index in [1.807, 2.05) is 12.1 Å². The third kappa shape index (κ3) is 6.85. The van der Waals surface area contributed by atoms with Crippen LogP contribution in [0.5, 0.6) is 0 Å². The van der Waals surface area contributed by atoms with E-state index in [0.717, 1.165) is 17.4 Å². The third-order valence-corrected chi connectivity index (χ3v) is 7.34. The summed E-state index contributed by atoms with van der Waals surface area (Å²) in [4.78, 5) is 0. The van der Waals surface area contributed by atoms with E-state index in [1.54, 1.807) is 6.07 Å². The van der Waals surface area contributed by atoms with Crippen molar-refractivity contribution in [1.82, 2.24) is 0 Å². The van der Waals surface area contributed by atoms with Gasteiger partial charge in [0.25, 0.3) is 0 Å². The number of aryl methyl sites for hydroxylation is 1. The summed E-state index contributed by atoms with van der Waals surface area (Å²) in [6, 6.07) is 21.8. The summed E-state index contributed by atoms with van der Waals surface area (Å²) in [7, 11) is 0. The molecule has 2 heteroatoms. The first kappa shape index (κ1) is 24.3. The van der Waals surface area contributed by atoms with Crippen LogP contribution in [0.1, 0.15) is 61.6 Å².